The van der Waals surface area contributed by atoms with Crippen LogP contribution in [0.15, 0.2) is 0 Å². The molecule has 1 rings (SSSR count). The minimum atomic E-state index is -0.101. The number of aromatic nitrogens is 2. The van der Waals surface area contributed by atoms with E-state index in [-0.39, 0.29) is 11.9 Å². The SMILES string of the molecule is CCCC(CN)NC(=O)c1snnc1CC. The Morgan fingerprint density at radius 3 is 2.88 bits per heavy atom. The summed E-state index contributed by atoms with van der Waals surface area (Å²) in [5, 5.41) is 6.82. The average molecular weight is 242 g/mol. The maximum atomic E-state index is 11.9. The number of nitrogens with one attached hydrogen (secondary N) is 1. The van der Waals surface area contributed by atoms with E-state index in [4.69, 9.17) is 5.73 Å². The van der Waals surface area contributed by atoms with Crippen molar-refractivity contribution in [1.82, 2.24) is 14.9 Å². The Morgan fingerprint density at radius 2 is 2.31 bits per heavy atom. The zero-order valence-corrected chi connectivity index (χ0v) is 10.5. The second-order valence-corrected chi connectivity index (χ2v) is 4.35. The van der Waals surface area contributed by atoms with Crippen molar-refractivity contribution in [3.63, 3.8) is 0 Å². The summed E-state index contributed by atoms with van der Waals surface area (Å²) in [4.78, 5) is 12.5. The Balaban J connectivity index is 2.64. The van der Waals surface area contributed by atoms with Crippen LogP contribution in [0.2, 0.25) is 0 Å². The first-order chi connectivity index (χ1) is 7.72. The van der Waals surface area contributed by atoms with Gasteiger partial charge in [0.15, 0.2) is 0 Å². The summed E-state index contributed by atoms with van der Waals surface area (Å²) in [5.74, 6) is -0.101. The van der Waals surface area contributed by atoms with E-state index in [1.54, 1.807) is 0 Å². The summed E-state index contributed by atoms with van der Waals surface area (Å²) >= 11 is 1.14. The van der Waals surface area contributed by atoms with Gasteiger partial charge in [-0.1, -0.05) is 24.8 Å². The molecule has 0 aliphatic heterocycles. The highest BCUT2D eigenvalue weighted by Gasteiger charge is 2.17. The highest BCUT2D eigenvalue weighted by atomic mass is 32.1. The topological polar surface area (TPSA) is 80.9 Å². The predicted octanol–water partition coefficient (Wildman–Crippen LogP) is 0.958. The Labute approximate surface area is 99.6 Å². The molecule has 0 fully saturated rings. The maximum absolute atomic E-state index is 11.9. The van der Waals surface area contributed by atoms with Crippen molar-refractivity contribution in [2.75, 3.05) is 6.54 Å². The molecule has 1 aromatic rings. The number of hydrogen-bond donors (Lipinski definition) is 2. The number of hydrogen-bond acceptors (Lipinski definition) is 5. The number of carbonyl (C=O) groups excluding carboxylic acids is 1. The molecular formula is C10H18N4OS. The Kier molecular flexibility index (Phi) is 5.34. The molecule has 16 heavy (non-hydrogen) atoms. The highest BCUT2D eigenvalue weighted by molar-refractivity contribution is 7.08. The zero-order chi connectivity index (χ0) is 12.0. The fraction of sp³-hybridized carbons (Fsp3) is 0.700. The smallest absolute Gasteiger partial charge is 0.265 e. The van der Waals surface area contributed by atoms with Crippen LogP contribution in [0.5, 0.6) is 0 Å². The van der Waals surface area contributed by atoms with E-state index in [1.807, 2.05) is 6.92 Å². The molecule has 0 aliphatic carbocycles. The molecule has 0 aromatic carbocycles. The predicted molar refractivity (Wildman–Crippen MR) is 64.5 cm³/mol. The van der Waals surface area contributed by atoms with E-state index in [9.17, 15) is 4.79 Å². The number of nitrogens with zero attached hydrogens (tertiary/aromatic N) is 2. The van der Waals surface area contributed by atoms with Gasteiger partial charge >= 0.3 is 0 Å². The summed E-state index contributed by atoms with van der Waals surface area (Å²) in [5.41, 5.74) is 6.35. The lowest BCUT2D eigenvalue weighted by Gasteiger charge is -2.15. The van der Waals surface area contributed by atoms with Crippen LogP contribution in [0.3, 0.4) is 0 Å². The number of nitrogens with two attached hydrogens (primary N) is 1. The van der Waals surface area contributed by atoms with Gasteiger partial charge < -0.3 is 11.1 Å². The summed E-state index contributed by atoms with van der Waals surface area (Å²) in [6.45, 7) is 4.49. The lowest BCUT2D eigenvalue weighted by Crippen LogP contribution is -2.40. The van der Waals surface area contributed by atoms with E-state index in [0.29, 0.717) is 11.4 Å². The number of rotatable bonds is 6. The van der Waals surface area contributed by atoms with Gasteiger partial charge in [-0.05, 0) is 24.4 Å². The van der Waals surface area contributed by atoms with Crippen molar-refractivity contribution in [1.29, 1.82) is 0 Å². The molecule has 1 heterocycles. The number of aryl methyl sites for hydroxylation is 1. The second kappa shape index (κ2) is 6.55. The van der Waals surface area contributed by atoms with Gasteiger partial charge in [0.05, 0.1) is 5.69 Å². The van der Waals surface area contributed by atoms with Gasteiger partial charge in [0.2, 0.25) is 0 Å². The first-order valence-electron chi connectivity index (χ1n) is 5.55. The number of amides is 1. The first kappa shape index (κ1) is 13.1. The van der Waals surface area contributed by atoms with Crippen LogP contribution >= 0.6 is 11.5 Å². The molecule has 0 bridgehead atoms. The molecular weight excluding hydrogens is 224 g/mol. The zero-order valence-electron chi connectivity index (χ0n) is 9.69. The average Bonchev–Trinajstić information content (AvgIpc) is 2.76. The van der Waals surface area contributed by atoms with E-state index < -0.39 is 0 Å². The Morgan fingerprint density at radius 1 is 1.56 bits per heavy atom. The molecule has 1 unspecified atom stereocenters. The van der Waals surface area contributed by atoms with Crippen LogP contribution in [-0.2, 0) is 6.42 Å². The van der Waals surface area contributed by atoms with Crippen LogP contribution in [0, 0.1) is 0 Å². The van der Waals surface area contributed by atoms with E-state index in [2.05, 4.69) is 21.8 Å². The molecule has 6 heteroatoms. The maximum Gasteiger partial charge on any atom is 0.265 e. The summed E-state index contributed by atoms with van der Waals surface area (Å²) in [6, 6.07) is 0.0457. The third kappa shape index (κ3) is 3.24. The lowest BCUT2D eigenvalue weighted by molar-refractivity contribution is 0.0939. The van der Waals surface area contributed by atoms with Crippen molar-refractivity contribution < 1.29 is 4.79 Å². The monoisotopic (exact) mass is 242 g/mol. The van der Waals surface area contributed by atoms with Crippen LogP contribution in [0.25, 0.3) is 0 Å². The summed E-state index contributed by atoms with van der Waals surface area (Å²) in [7, 11) is 0. The number of carbonyl (C=O) groups is 1. The van der Waals surface area contributed by atoms with Crippen LogP contribution in [0.4, 0.5) is 0 Å². The molecule has 0 aliphatic rings. The van der Waals surface area contributed by atoms with Gasteiger partial charge in [0.1, 0.15) is 4.88 Å². The molecule has 3 N–H and O–H groups in total. The fourth-order valence-corrected chi connectivity index (χ4v) is 2.11. The van der Waals surface area contributed by atoms with Gasteiger partial charge in [0.25, 0.3) is 5.91 Å². The van der Waals surface area contributed by atoms with E-state index in [1.165, 1.54) is 0 Å². The minimum absolute atomic E-state index is 0.0457. The van der Waals surface area contributed by atoms with E-state index in [0.717, 1.165) is 36.5 Å². The van der Waals surface area contributed by atoms with Gasteiger partial charge in [-0.3, -0.25) is 4.79 Å². The largest absolute Gasteiger partial charge is 0.347 e. The summed E-state index contributed by atoms with van der Waals surface area (Å²) < 4.78 is 3.79. The minimum Gasteiger partial charge on any atom is -0.347 e. The highest BCUT2D eigenvalue weighted by Crippen LogP contribution is 2.11. The van der Waals surface area contributed by atoms with Crippen LogP contribution < -0.4 is 11.1 Å². The molecule has 1 aromatic heterocycles. The third-order valence-electron chi connectivity index (χ3n) is 2.35. The van der Waals surface area contributed by atoms with Crippen molar-refractivity contribution >= 4 is 17.4 Å². The van der Waals surface area contributed by atoms with Gasteiger partial charge in [-0.25, -0.2) is 0 Å². The van der Waals surface area contributed by atoms with Gasteiger partial charge in [0, 0.05) is 12.6 Å². The van der Waals surface area contributed by atoms with Crippen molar-refractivity contribution in [3.8, 4) is 0 Å². The molecule has 5 nitrogen and oxygen atoms in total. The first-order valence-corrected chi connectivity index (χ1v) is 6.32. The molecule has 0 radical (unpaired) electrons. The lowest BCUT2D eigenvalue weighted by atomic mass is 10.1. The fourth-order valence-electron chi connectivity index (χ4n) is 1.46. The second-order valence-electron chi connectivity index (χ2n) is 3.60. The normalized spacial score (nSPS) is 12.4. The van der Waals surface area contributed by atoms with Crippen molar-refractivity contribution in [3.05, 3.63) is 10.6 Å². The Hall–Kier alpha value is -1.01. The molecule has 90 valence electrons. The third-order valence-corrected chi connectivity index (χ3v) is 3.12. The molecule has 1 amide bonds. The van der Waals surface area contributed by atoms with Crippen molar-refractivity contribution in [2.45, 2.75) is 39.2 Å². The summed E-state index contributed by atoms with van der Waals surface area (Å²) in [6.07, 6.45) is 2.62. The van der Waals surface area contributed by atoms with E-state index >= 15 is 0 Å². The molecule has 1 atom stereocenters. The quantitative estimate of drug-likeness (QED) is 0.778. The Bertz CT molecular complexity index is 339. The molecule has 0 spiro atoms. The standard InChI is InChI=1S/C10H18N4OS/c1-3-5-7(6-11)12-10(15)9-8(4-2)13-14-16-9/h7H,3-6,11H2,1-2H3,(H,12,15). The van der Waals surface area contributed by atoms with Crippen LogP contribution in [0.1, 0.15) is 42.1 Å². The van der Waals surface area contributed by atoms with Crippen LogP contribution in [-0.4, -0.2) is 28.1 Å². The molecule has 0 saturated heterocycles. The van der Waals surface area contributed by atoms with Crippen molar-refractivity contribution in [2.24, 2.45) is 5.73 Å². The van der Waals surface area contributed by atoms with Gasteiger partial charge in [-0.15, -0.1) is 5.10 Å². The van der Waals surface area contributed by atoms with Gasteiger partial charge in [-0.2, -0.15) is 0 Å². The molecule has 0 saturated carbocycles.